The Morgan fingerprint density at radius 2 is 0.840 bits per heavy atom. The van der Waals surface area contributed by atoms with E-state index >= 15 is 0 Å². The first-order valence-electron chi connectivity index (χ1n) is 8.19. The molecule has 0 aliphatic heterocycles. The zero-order valence-electron chi connectivity index (χ0n) is 16.1. The van der Waals surface area contributed by atoms with Gasteiger partial charge < -0.3 is 10.2 Å². The molecule has 0 aromatic heterocycles. The molecule has 25 heavy (non-hydrogen) atoms. The van der Waals surface area contributed by atoms with E-state index in [2.05, 4.69) is 0 Å². The van der Waals surface area contributed by atoms with Crippen molar-refractivity contribution in [1.82, 2.24) is 0 Å². The molecule has 5 heteroatoms. The first-order valence-corrected chi connectivity index (χ1v) is 9.67. The molecule has 0 heterocycles. The smallest absolute Gasteiger partial charge is 0.211 e. The predicted molar refractivity (Wildman–Crippen MR) is 99.6 cm³/mol. The van der Waals surface area contributed by atoms with Crippen molar-refractivity contribution in [2.24, 2.45) is 0 Å². The molecule has 2 N–H and O–H groups in total. The lowest BCUT2D eigenvalue weighted by molar-refractivity contribution is 0.451. The van der Waals surface area contributed by atoms with Crippen LogP contribution in [0.15, 0.2) is 9.79 Å². The maximum atomic E-state index is 13.5. The second kappa shape index (κ2) is 6.06. The fraction of sp³-hybridized carbons (Fsp3) is 0.400. The van der Waals surface area contributed by atoms with Crippen LogP contribution in [0.3, 0.4) is 0 Å². The third kappa shape index (κ3) is 2.61. The number of hydrogen-bond acceptors (Lipinski definition) is 4. The lowest BCUT2D eigenvalue weighted by Crippen LogP contribution is -2.12. The second-order valence-corrected chi connectivity index (χ2v) is 8.68. The van der Waals surface area contributed by atoms with Crippen LogP contribution in [-0.4, -0.2) is 18.6 Å². The third-order valence-corrected chi connectivity index (χ3v) is 7.84. The van der Waals surface area contributed by atoms with Gasteiger partial charge in [0.05, 0.1) is 4.90 Å². The van der Waals surface area contributed by atoms with Gasteiger partial charge >= 0.3 is 0 Å². The van der Waals surface area contributed by atoms with Gasteiger partial charge in [-0.25, -0.2) is 8.42 Å². The van der Waals surface area contributed by atoms with Crippen LogP contribution in [0.2, 0.25) is 0 Å². The highest BCUT2D eigenvalue weighted by Gasteiger charge is 2.32. The normalized spacial score (nSPS) is 11.8. The van der Waals surface area contributed by atoms with Crippen LogP contribution in [-0.2, 0) is 9.84 Å². The average Bonchev–Trinajstić information content (AvgIpc) is 2.54. The maximum Gasteiger partial charge on any atom is 0.211 e. The van der Waals surface area contributed by atoms with Crippen molar-refractivity contribution in [3.05, 3.63) is 44.5 Å². The minimum absolute atomic E-state index is 0.0145. The van der Waals surface area contributed by atoms with Gasteiger partial charge in [0, 0.05) is 5.56 Å². The molecule has 0 atom stereocenters. The van der Waals surface area contributed by atoms with Crippen molar-refractivity contribution in [3.8, 4) is 11.5 Å². The monoisotopic (exact) mass is 362 g/mol. The average molecular weight is 362 g/mol. The molecule has 0 aliphatic rings. The van der Waals surface area contributed by atoms with Crippen molar-refractivity contribution in [2.75, 3.05) is 0 Å². The summed E-state index contributed by atoms with van der Waals surface area (Å²) in [5.74, 6) is -0.225. The first kappa shape index (κ1) is 19.3. The highest BCUT2D eigenvalue weighted by molar-refractivity contribution is 7.91. The summed E-state index contributed by atoms with van der Waals surface area (Å²) in [5.41, 5.74) is 5.15. The van der Waals surface area contributed by atoms with Crippen molar-refractivity contribution >= 4 is 9.84 Å². The Balaban J connectivity index is 3.02. The van der Waals surface area contributed by atoms with E-state index < -0.39 is 9.84 Å². The SMILES string of the molecule is Cc1c(C)c(C)c(S(=O)(=O)c2c(C)c(C)c(C)c(O)c2C)c(O)c1C. The summed E-state index contributed by atoms with van der Waals surface area (Å²) in [6, 6.07) is 0. The van der Waals surface area contributed by atoms with Crippen molar-refractivity contribution in [3.63, 3.8) is 0 Å². The molecule has 0 amide bonds. The summed E-state index contributed by atoms with van der Waals surface area (Å²) < 4.78 is 27.0. The Morgan fingerprint density at radius 1 is 0.480 bits per heavy atom. The van der Waals surface area contributed by atoms with Gasteiger partial charge in [-0.2, -0.15) is 0 Å². The van der Waals surface area contributed by atoms with E-state index in [-0.39, 0.29) is 21.3 Å². The molecule has 0 aliphatic carbocycles. The molecule has 0 spiro atoms. The third-order valence-electron chi connectivity index (χ3n) is 5.65. The molecule has 0 saturated heterocycles. The lowest BCUT2D eigenvalue weighted by atomic mass is 9.98. The number of aromatic hydroxyl groups is 2. The van der Waals surface area contributed by atoms with Crippen molar-refractivity contribution in [2.45, 2.75) is 65.2 Å². The number of phenolic OH excluding ortho intramolecular Hbond substituents is 2. The van der Waals surface area contributed by atoms with Gasteiger partial charge in [0.15, 0.2) is 0 Å². The minimum atomic E-state index is -4.00. The van der Waals surface area contributed by atoms with E-state index in [0.717, 1.165) is 16.7 Å². The second-order valence-electron chi connectivity index (χ2n) is 6.86. The zero-order chi connectivity index (χ0) is 19.4. The van der Waals surface area contributed by atoms with Crippen LogP contribution in [0.5, 0.6) is 11.5 Å². The van der Waals surface area contributed by atoms with Crippen LogP contribution < -0.4 is 0 Å². The Hall–Kier alpha value is -2.01. The van der Waals surface area contributed by atoms with Crippen LogP contribution in [0.4, 0.5) is 0 Å². The number of phenols is 2. The molecule has 0 saturated carbocycles. The number of benzene rings is 2. The van der Waals surface area contributed by atoms with E-state index in [1.54, 1.807) is 41.5 Å². The molecule has 0 bridgehead atoms. The molecule has 136 valence electrons. The Bertz CT molecular complexity index is 866. The minimum Gasteiger partial charge on any atom is -0.507 e. The molecule has 2 aromatic rings. The zero-order valence-corrected chi connectivity index (χ0v) is 16.9. The van der Waals surface area contributed by atoms with Crippen molar-refractivity contribution < 1.29 is 18.6 Å². The molecule has 2 rings (SSSR count). The molecular weight excluding hydrogens is 336 g/mol. The summed E-state index contributed by atoms with van der Waals surface area (Å²) in [5, 5.41) is 21.0. The lowest BCUT2D eigenvalue weighted by Gasteiger charge is -2.21. The summed E-state index contributed by atoms with van der Waals surface area (Å²) in [4.78, 5) is 0.0103. The van der Waals surface area contributed by atoms with Crippen LogP contribution in [0, 0.1) is 55.4 Å². The highest BCUT2D eigenvalue weighted by Crippen LogP contribution is 2.42. The molecule has 2 aromatic carbocycles. The maximum absolute atomic E-state index is 13.5. The highest BCUT2D eigenvalue weighted by atomic mass is 32.2. The number of hydrogen-bond donors (Lipinski definition) is 2. The molecule has 4 nitrogen and oxygen atoms in total. The van der Waals surface area contributed by atoms with Gasteiger partial charge in [0.2, 0.25) is 9.84 Å². The Kier molecular flexibility index (Phi) is 4.68. The van der Waals surface area contributed by atoms with Crippen LogP contribution in [0.1, 0.15) is 44.5 Å². The van der Waals surface area contributed by atoms with Gasteiger partial charge in [-0.05, 0) is 94.3 Å². The summed E-state index contributed by atoms with van der Waals surface area (Å²) >= 11 is 0. The molecular formula is C20H26O4S. The van der Waals surface area contributed by atoms with Crippen LogP contribution in [0.25, 0.3) is 0 Å². The first-order chi connectivity index (χ1) is 11.4. The summed E-state index contributed by atoms with van der Waals surface area (Å²) in [6.45, 7) is 14.0. The summed E-state index contributed by atoms with van der Waals surface area (Å²) in [7, 11) is -4.00. The predicted octanol–water partition coefficient (Wildman–Crippen LogP) is 4.40. The fourth-order valence-corrected chi connectivity index (χ4v) is 5.62. The van der Waals surface area contributed by atoms with Gasteiger partial charge in [0.25, 0.3) is 0 Å². The van der Waals surface area contributed by atoms with Gasteiger partial charge in [-0.15, -0.1) is 0 Å². The van der Waals surface area contributed by atoms with Crippen molar-refractivity contribution in [1.29, 1.82) is 0 Å². The Labute approximate surface area is 150 Å². The van der Waals surface area contributed by atoms with Gasteiger partial charge in [0.1, 0.15) is 16.4 Å². The molecule has 0 unspecified atom stereocenters. The van der Waals surface area contributed by atoms with Gasteiger partial charge in [-0.3, -0.25) is 0 Å². The molecule has 0 radical (unpaired) electrons. The standard InChI is InChI=1S/C20H26O4S/c1-9-10(2)15(7)20(18(22)13(9)5)25(23,24)19-14(6)11(3)12(4)17(21)16(19)8/h21-22H,1-8H3. The van der Waals surface area contributed by atoms with Crippen LogP contribution >= 0.6 is 0 Å². The quantitative estimate of drug-likeness (QED) is 0.830. The number of rotatable bonds is 2. The fourth-order valence-electron chi connectivity index (χ4n) is 3.39. The van der Waals surface area contributed by atoms with E-state index in [0.29, 0.717) is 27.8 Å². The summed E-state index contributed by atoms with van der Waals surface area (Å²) in [6.07, 6.45) is 0. The molecule has 0 fully saturated rings. The van der Waals surface area contributed by atoms with E-state index in [1.807, 2.05) is 13.8 Å². The topological polar surface area (TPSA) is 74.6 Å². The van der Waals surface area contributed by atoms with Gasteiger partial charge in [-0.1, -0.05) is 0 Å². The van der Waals surface area contributed by atoms with E-state index in [4.69, 9.17) is 0 Å². The Morgan fingerprint density at radius 3 is 1.36 bits per heavy atom. The van der Waals surface area contributed by atoms with E-state index in [9.17, 15) is 18.6 Å². The van der Waals surface area contributed by atoms with E-state index in [1.165, 1.54) is 0 Å². The number of sulfone groups is 1. The largest absolute Gasteiger partial charge is 0.507 e.